The number of benzene rings is 2. The van der Waals surface area contributed by atoms with Crippen molar-refractivity contribution in [1.29, 1.82) is 0 Å². The van der Waals surface area contributed by atoms with Crippen LogP contribution in [0.3, 0.4) is 0 Å². The normalized spacial score (nSPS) is 14.3. The molecule has 0 bridgehead atoms. The molecule has 2 aromatic rings. The molecule has 2 amide bonds. The van der Waals surface area contributed by atoms with Gasteiger partial charge in [-0.25, -0.2) is 4.39 Å². The summed E-state index contributed by atoms with van der Waals surface area (Å²) < 4.78 is 13.2. The van der Waals surface area contributed by atoms with Crippen LogP contribution in [0, 0.1) is 5.82 Å². The summed E-state index contributed by atoms with van der Waals surface area (Å²) in [4.78, 5) is 28.4. The zero-order valence-corrected chi connectivity index (χ0v) is 15.6. The Morgan fingerprint density at radius 1 is 1.04 bits per heavy atom. The molecule has 1 heterocycles. The lowest BCUT2D eigenvalue weighted by Gasteiger charge is -2.35. The number of para-hydroxylation sites is 1. The largest absolute Gasteiger partial charge is 0.399 e. The number of nitrogens with zero attached hydrogens (tertiary/aromatic N) is 2. The van der Waals surface area contributed by atoms with E-state index in [-0.39, 0.29) is 22.4 Å². The maximum Gasteiger partial charge on any atom is 0.255 e. The second-order valence-electron chi connectivity index (χ2n) is 6.50. The van der Waals surface area contributed by atoms with Gasteiger partial charge in [0.05, 0.1) is 10.6 Å². The molecule has 0 saturated carbocycles. The lowest BCUT2D eigenvalue weighted by Crippen LogP contribution is -2.50. The molecule has 3 rings (SSSR count). The Hall–Kier alpha value is -2.60. The van der Waals surface area contributed by atoms with Gasteiger partial charge in [-0.05, 0) is 36.2 Å². The minimum absolute atomic E-state index is 0.0465. The summed E-state index contributed by atoms with van der Waals surface area (Å²) in [5.41, 5.74) is 7.84. The van der Waals surface area contributed by atoms with Crippen molar-refractivity contribution >= 4 is 29.1 Å². The topological polar surface area (TPSA) is 66.6 Å². The van der Waals surface area contributed by atoms with E-state index in [1.54, 1.807) is 9.80 Å². The minimum Gasteiger partial charge on any atom is -0.399 e. The Kier molecular flexibility index (Phi) is 5.96. The third-order valence-corrected chi connectivity index (χ3v) is 5.06. The number of carbonyl (C=O) groups excluding carboxylic acids is 2. The Morgan fingerprint density at radius 2 is 1.70 bits per heavy atom. The Balaban J connectivity index is 1.53. The summed E-state index contributed by atoms with van der Waals surface area (Å²) in [5, 5.41) is 0.0963. The molecule has 5 nitrogen and oxygen atoms in total. The van der Waals surface area contributed by atoms with E-state index >= 15 is 0 Å². The molecule has 0 radical (unpaired) electrons. The van der Waals surface area contributed by atoms with Gasteiger partial charge in [-0.2, -0.15) is 0 Å². The van der Waals surface area contributed by atoms with Gasteiger partial charge in [-0.15, -0.1) is 0 Å². The third kappa shape index (κ3) is 4.57. The highest BCUT2D eigenvalue weighted by Gasteiger charge is 2.25. The summed E-state index contributed by atoms with van der Waals surface area (Å²) in [5.74, 6) is -0.680. The van der Waals surface area contributed by atoms with Crippen LogP contribution in [-0.4, -0.2) is 47.8 Å². The summed E-state index contributed by atoms with van der Waals surface area (Å²) in [6, 6.07) is 11.3. The van der Waals surface area contributed by atoms with E-state index in [1.807, 2.05) is 24.3 Å². The highest BCUT2D eigenvalue weighted by atomic mass is 35.5. The lowest BCUT2D eigenvalue weighted by atomic mass is 10.1. The van der Waals surface area contributed by atoms with Crippen LogP contribution in [0.5, 0.6) is 0 Å². The molecule has 1 saturated heterocycles. The molecule has 27 heavy (non-hydrogen) atoms. The van der Waals surface area contributed by atoms with Crippen LogP contribution in [0.2, 0.25) is 5.02 Å². The summed E-state index contributed by atoms with van der Waals surface area (Å²) in [6.45, 7) is 1.78. The molecule has 0 aliphatic carbocycles. The molecule has 0 atom stereocenters. The molecule has 0 spiro atoms. The second kappa shape index (κ2) is 8.39. The number of nitrogen functional groups attached to an aromatic ring is 1. The number of amides is 2. The molecule has 0 aromatic heterocycles. The van der Waals surface area contributed by atoms with E-state index in [0.29, 0.717) is 44.7 Å². The number of hydrogen-bond donors (Lipinski definition) is 1. The number of nitrogens with two attached hydrogens (primary N) is 1. The first-order chi connectivity index (χ1) is 13.0. The molecular weight excluding hydrogens is 369 g/mol. The first-order valence-electron chi connectivity index (χ1n) is 8.81. The zero-order chi connectivity index (χ0) is 19.4. The number of halogens is 2. The van der Waals surface area contributed by atoms with Crippen LogP contribution in [0.15, 0.2) is 42.5 Å². The molecule has 1 fully saturated rings. The van der Waals surface area contributed by atoms with Crippen molar-refractivity contribution in [2.24, 2.45) is 0 Å². The van der Waals surface area contributed by atoms with Crippen molar-refractivity contribution < 1.29 is 14.0 Å². The Bertz CT molecular complexity index is 851. The van der Waals surface area contributed by atoms with Crippen molar-refractivity contribution in [2.45, 2.75) is 12.8 Å². The molecule has 0 unspecified atom stereocenters. The lowest BCUT2D eigenvalue weighted by molar-refractivity contribution is -0.132. The monoisotopic (exact) mass is 389 g/mol. The standard InChI is InChI=1S/C20H21ClFN3O2/c21-17-13-15(22)6-7-16(17)20(27)25-11-9-24(10-12-25)19(26)8-5-14-3-1-2-4-18(14)23/h1-4,6-7,13H,5,8-12,23H2. The fraction of sp³-hybridized carbons (Fsp3) is 0.300. The molecule has 1 aliphatic heterocycles. The minimum atomic E-state index is -0.481. The Labute approximate surface area is 162 Å². The van der Waals surface area contributed by atoms with Gasteiger partial charge >= 0.3 is 0 Å². The maximum atomic E-state index is 13.2. The number of carbonyl (C=O) groups is 2. The van der Waals surface area contributed by atoms with E-state index in [1.165, 1.54) is 12.1 Å². The van der Waals surface area contributed by atoms with Crippen molar-refractivity contribution in [2.75, 3.05) is 31.9 Å². The highest BCUT2D eigenvalue weighted by molar-refractivity contribution is 6.33. The molecule has 7 heteroatoms. The summed E-state index contributed by atoms with van der Waals surface area (Å²) in [6.07, 6.45) is 0.974. The van der Waals surface area contributed by atoms with Crippen LogP contribution in [0.4, 0.5) is 10.1 Å². The average Bonchev–Trinajstić information content (AvgIpc) is 2.67. The SMILES string of the molecule is Nc1ccccc1CCC(=O)N1CCN(C(=O)c2ccc(F)cc2Cl)CC1. The van der Waals surface area contributed by atoms with E-state index in [2.05, 4.69) is 0 Å². The van der Waals surface area contributed by atoms with Crippen molar-refractivity contribution in [3.63, 3.8) is 0 Å². The van der Waals surface area contributed by atoms with Gasteiger partial charge in [-0.3, -0.25) is 9.59 Å². The first-order valence-corrected chi connectivity index (χ1v) is 9.19. The number of aryl methyl sites for hydroxylation is 1. The van der Waals surface area contributed by atoms with Gasteiger partial charge in [-0.1, -0.05) is 29.8 Å². The second-order valence-corrected chi connectivity index (χ2v) is 6.90. The predicted octanol–water partition coefficient (Wildman–Crippen LogP) is 2.98. The average molecular weight is 390 g/mol. The molecule has 1 aliphatic rings. The van der Waals surface area contributed by atoms with Gasteiger partial charge in [0.15, 0.2) is 0 Å². The van der Waals surface area contributed by atoms with Crippen molar-refractivity contribution in [3.05, 3.63) is 64.4 Å². The molecule has 2 aromatic carbocycles. The van der Waals surface area contributed by atoms with Crippen LogP contribution in [-0.2, 0) is 11.2 Å². The Morgan fingerprint density at radius 3 is 2.37 bits per heavy atom. The number of anilines is 1. The predicted molar refractivity (Wildman–Crippen MR) is 103 cm³/mol. The van der Waals surface area contributed by atoms with Crippen LogP contribution < -0.4 is 5.73 Å². The van der Waals surface area contributed by atoms with Gasteiger partial charge < -0.3 is 15.5 Å². The number of piperazine rings is 1. The first kappa shape index (κ1) is 19.2. The van der Waals surface area contributed by atoms with E-state index < -0.39 is 5.82 Å². The van der Waals surface area contributed by atoms with E-state index in [0.717, 1.165) is 11.6 Å². The van der Waals surface area contributed by atoms with Gasteiger partial charge in [0, 0.05) is 38.3 Å². The van der Waals surface area contributed by atoms with Gasteiger partial charge in [0.2, 0.25) is 5.91 Å². The number of rotatable bonds is 4. The van der Waals surface area contributed by atoms with Crippen molar-refractivity contribution in [1.82, 2.24) is 9.80 Å². The number of hydrogen-bond acceptors (Lipinski definition) is 3. The summed E-state index contributed by atoms with van der Waals surface area (Å²) in [7, 11) is 0. The van der Waals surface area contributed by atoms with Crippen LogP contribution >= 0.6 is 11.6 Å². The fourth-order valence-corrected chi connectivity index (χ4v) is 3.40. The maximum absolute atomic E-state index is 13.2. The molecular formula is C20H21ClFN3O2. The van der Waals surface area contributed by atoms with Crippen molar-refractivity contribution in [3.8, 4) is 0 Å². The van der Waals surface area contributed by atoms with Crippen LogP contribution in [0.25, 0.3) is 0 Å². The third-order valence-electron chi connectivity index (χ3n) is 4.74. The summed E-state index contributed by atoms with van der Waals surface area (Å²) >= 11 is 5.97. The molecule has 142 valence electrons. The fourth-order valence-electron chi connectivity index (χ4n) is 3.15. The smallest absolute Gasteiger partial charge is 0.255 e. The van der Waals surface area contributed by atoms with Crippen LogP contribution in [0.1, 0.15) is 22.3 Å². The molecule has 2 N–H and O–H groups in total. The quantitative estimate of drug-likeness (QED) is 0.817. The van der Waals surface area contributed by atoms with E-state index in [9.17, 15) is 14.0 Å². The van der Waals surface area contributed by atoms with E-state index in [4.69, 9.17) is 17.3 Å². The zero-order valence-electron chi connectivity index (χ0n) is 14.8. The van der Waals surface area contributed by atoms with Gasteiger partial charge in [0.1, 0.15) is 5.82 Å². The highest BCUT2D eigenvalue weighted by Crippen LogP contribution is 2.20. The van der Waals surface area contributed by atoms with Gasteiger partial charge in [0.25, 0.3) is 5.91 Å².